The molecular formula is C35H44FN3O5. The summed E-state index contributed by atoms with van der Waals surface area (Å²) in [6.45, 7) is 8.86. The standard InChI is InChI=1S/C35H44FN3O5/c1-5-7-26(8-6-2)39(27-10-11-29(36)22(3)17-27)33(40)21-38-20-28(24-9-13-31-25(18-24)15-16-43-31)34(35(41)42)30(38)12-14-32-37-19-23(4)44-32/h9-11,13,17-19,26,28,30,34H,5-8,12,14-16,20-21H2,1-4H3,(H,41,42)/t28-,30+,34-/m1/s1. The van der Waals surface area contributed by atoms with E-state index in [9.17, 15) is 19.1 Å². The lowest BCUT2D eigenvalue weighted by Crippen LogP contribution is -2.48. The fourth-order valence-corrected chi connectivity index (χ4v) is 7.07. The zero-order valence-electron chi connectivity index (χ0n) is 26.2. The zero-order valence-corrected chi connectivity index (χ0v) is 26.2. The van der Waals surface area contributed by atoms with E-state index < -0.39 is 17.9 Å². The van der Waals surface area contributed by atoms with Gasteiger partial charge >= 0.3 is 5.97 Å². The molecule has 1 saturated heterocycles. The van der Waals surface area contributed by atoms with Gasteiger partial charge in [0.25, 0.3) is 0 Å². The number of hydrogen-bond acceptors (Lipinski definition) is 6. The van der Waals surface area contributed by atoms with Gasteiger partial charge in [0.2, 0.25) is 5.91 Å². The molecule has 44 heavy (non-hydrogen) atoms. The number of benzene rings is 2. The Labute approximate surface area is 259 Å². The number of carboxylic acid groups (broad SMARTS) is 1. The summed E-state index contributed by atoms with van der Waals surface area (Å²) < 4.78 is 25.7. The average Bonchev–Trinajstić information content (AvgIpc) is 3.72. The average molecular weight is 606 g/mol. The van der Waals surface area contributed by atoms with Crippen LogP contribution in [0.3, 0.4) is 0 Å². The molecule has 1 N–H and O–H groups in total. The monoisotopic (exact) mass is 605 g/mol. The molecule has 0 saturated carbocycles. The summed E-state index contributed by atoms with van der Waals surface area (Å²) in [5.41, 5.74) is 3.21. The Bertz CT molecular complexity index is 1470. The fraction of sp³-hybridized carbons (Fsp3) is 0.514. The van der Waals surface area contributed by atoms with Gasteiger partial charge in [0.15, 0.2) is 5.89 Å². The number of carbonyl (C=O) groups is 2. The minimum atomic E-state index is -0.879. The molecule has 0 spiro atoms. The highest BCUT2D eigenvalue weighted by molar-refractivity contribution is 5.95. The second-order valence-corrected chi connectivity index (χ2v) is 12.3. The number of ether oxygens (including phenoxy) is 1. The number of amides is 1. The number of halogens is 1. The largest absolute Gasteiger partial charge is 0.493 e. The first kappa shape index (κ1) is 31.7. The molecule has 2 aliphatic rings. The van der Waals surface area contributed by atoms with E-state index in [0.717, 1.165) is 49.0 Å². The van der Waals surface area contributed by atoms with Crippen molar-refractivity contribution >= 4 is 17.6 Å². The number of anilines is 1. The summed E-state index contributed by atoms with van der Waals surface area (Å²) in [6.07, 6.45) is 6.86. The van der Waals surface area contributed by atoms with Crippen LogP contribution < -0.4 is 9.64 Å². The van der Waals surface area contributed by atoms with Gasteiger partial charge in [0, 0.05) is 43.1 Å². The van der Waals surface area contributed by atoms with Crippen LogP contribution in [0.5, 0.6) is 5.75 Å². The highest BCUT2D eigenvalue weighted by Crippen LogP contribution is 2.41. The van der Waals surface area contributed by atoms with Crippen molar-refractivity contribution in [1.29, 1.82) is 0 Å². The van der Waals surface area contributed by atoms with Crippen LogP contribution in [0.15, 0.2) is 47.0 Å². The van der Waals surface area contributed by atoms with Crippen LogP contribution in [0.4, 0.5) is 10.1 Å². The number of hydrogen-bond donors (Lipinski definition) is 1. The van der Waals surface area contributed by atoms with Gasteiger partial charge in [0.1, 0.15) is 17.3 Å². The summed E-state index contributed by atoms with van der Waals surface area (Å²) in [5.74, 6) is -0.196. The number of carbonyl (C=O) groups excluding carboxylic acids is 1. The van der Waals surface area contributed by atoms with Crippen LogP contribution in [-0.2, 0) is 22.4 Å². The van der Waals surface area contributed by atoms with Crippen LogP contribution in [0, 0.1) is 25.6 Å². The minimum Gasteiger partial charge on any atom is -0.493 e. The molecule has 0 bridgehead atoms. The molecule has 0 unspecified atom stereocenters. The Morgan fingerprint density at radius 2 is 1.91 bits per heavy atom. The lowest BCUT2D eigenvalue weighted by atomic mass is 9.83. The molecule has 0 radical (unpaired) electrons. The van der Waals surface area contributed by atoms with E-state index in [0.29, 0.717) is 48.9 Å². The molecule has 236 valence electrons. The quantitative estimate of drug-likeness (QED) is 0.239. The third-order valence-corrected chi connectivity index (χ3v) is 9.13. The van der Waals surface area contributed by atoms with Crippen molar-refractivity contribution in [2.24, 2.45) is 5.92 Å². The molecule has 0 aliphatic carbocycles. The van der Waals surface area contributed by atoms with Gasteiger partial charge in [-0.3, -0.25) is 14.5 Å². The number of aryl methyl sites for hydroxylation is 3. The number of likely N-dealkylation sites (tertiary alicyclic amines) is 1. The Hall–Kier alpha value is -3.72. The Morgan fingerprint density at radius 3 is 2.57 bits per heavy atom. The van der Waals surface area contributed by atoms with Crippen molar-refractivity contribution in [2.75, 3.05) is 24.6 Å². The SMILES string of the molecule is CCCC(CCC)N(C(=O)CN1C[C@H](c2ccc3c(c2)CCO3)[C@@H](C(=O)O)[C@@H]1CCc1ncc(C)o1)c1ccc(F)c(C)c1. The van der Waals surface area contributed by atoms with E-state index >= 15 is 0 Å². The second kappa shape index (κ2) is 13.9. The predicted molar refractivity (Wildman–Crippen MR) is 167 cm³/mol. The normalized spacial score (nSPS) is 19.7. The summed E-state index contributed by atoms with van der Waals surface area (Å²) in [7, 11) is 0. The molecule has 1 fully saturated rings. The van der Waals surface area contributed by atoms with Gasteiger partial charge in [0.05, 0.1) is 25.3 Å². The number of aromatic nitrogens is 1. The summed E-state index contributed by atoms with van der Waals surface area (Å²) >= 11 is 0. The summed E-state index contributed by atoms with van der Waals surface area (Å²) in [5, 5.41) is 10.6. The topological polar surface area (TPSA) is 96.1 Å². The molecule has 1 amide bonds. The molecule has 3 aromatic rings. The Balaban J connectivity index is 1.48. The van der Waals surface area contributed by atoms with Crippen molar-refractivity contribution in [1.82, 2.24) is 9.88 Å². The lowest BCUT2D eigenvalue weighted by molar-refractivity contribution is -0.143. The number of rotatable bonds is 13. The maximum atomic E-state index is 14.4. The van der Waals surface area contributed by atoms with Crippen LogP contribution in [-0.4, -0.2) is 58.6 Å². The maximum absolute atomic E-state index is 14.4. The summed E-state index contributed by atoms with van der Waals surface area (Å²) in [6, 6.07) is 10.4. The molecule has 9 heteroatoms. The van der Waals surface area contributed by atoms with E-state index in [1.807, 2.05) is 28.9 Å². The first-order chi connectivity index (χ1) is 21.2. The van der Waals surface area contributed by atoms with Crippen LogP contribution >= 0.6 is 0 Å². The van der Waals surface area contributed by atoms with E-state index in [1.165, 1.54) is 6.07 Å². The Morgan fingerprint density at radius 1 is 1.14 bits per heavy atom. The third kappa shape index (κ3) is 6.83. The van der Waals surface area contributed by atoms with Crippen molar-refractivity contribution in [3.8, 4) is 5.75 Å². The first-order valence-corrected chi connectivity index (χ1v) is 15.9. The fourth-order valence-electron chi connectivity index (χ4n) is 7.07. The highest BCUT2D eigenvalue weighted by Gasteiger charge is 2.47. The van der Waals surface area contributed by atoms with E-state index in [-0.39, 0.29) is 30.2 Å². The highest BCUT2D eigenvalue weighted by atomic mass is 19.1. The maximum Gasteiger partial charge on any atom is 0.308 e. The van der Waals surface area contributed by atoms with E-state index in [2.05, 4.69) is 24.9 Å². The molecule has 5 rings (SSSR count). The van der Waals surface area contributed by atoms with Gasteiger partial charge in [-0.2, -0.15) is 0 Å². The molecule has 1 aromatic heterocycles. The predicted octanol–water partition coefficient (Wildman–Crippen LogP) is 6.47. The zero-order chi connectivity index (χ0) is 31.4. The lowest BCUT2D eigenvalue weighted by Gasteiger charge is -2.35. The van der Waals surface area contributed by atoms with Crippen molar-refractivity contribution in [3.63, 3.8) is 0 Å². The molecule has 2 aromatic carbocycles. The second-order valence-electron chi connectivity index (χ2n) is 12.3. The number of oxazole rings is 1. The van der Waals surface area contributed by atoms with Crippen molar-refractivity contribution < 1.29 is 28.2 Å². The van der Waals surface area contributed by atoms with E-state index in [1.54, 1.807) is 25.3 Å². The first-order valence-electron chi connectivity index (χ1n) is 15.9. The Kier molecular flexibility index (Phi) is 10.0. The van der Waals surface area contributed by atoms with Gasteiger partial charge in [-0.1, -0.05) is 38.8 Å². The smallest absolute Gasteiger partial charge is 0.308 e. The van der Waals surface area contributed by atoms with Crippen LogP contribution in [0.25, 0.3) is 0 Å². The number of aliphatic carboxylic acids is 1. The van der Waals surface area contributed by atoms with Crippen LogP contribution in [0.2, 0.25) is 0 Å². The number of nitrogens with zero attached hydrogens (tertiary/aromatic N) is 3. The van der Waals surface area contributed by atoms with Crippen molar-refractivity contribution in [3.05, 3.63) is 76.8 Å². The minimum absolute atomic E-state index is 0.0403. The molecular weight excluding hydrogens is 561 g/mol. The van der Waals surface area contributed by atoms with Gasteiger partial charge in [-0.05, 0) is 74.1 Å². The van der Waals surface area contributed by atoms with E-state index in [4.69, 9.17) is 9.15 Å². The van der Waals surface area contributed by atoms with Crippen LogP contribution in [0.1, 0.15) is 80.2 Å². The number of fused-ring (bicyclic) bond motifs is 1. The summed E-state index contributed by atoms with van der Waals surface area (Å²) in [4.78, 5) is 35.6. The third-order valence-electron chi connectivity index (χ3n) is 9.13. The van der Waals surface area contributed by atoms with Crippen molar-refractivity contribution in [2.45, 2.75) is 90.6 Å². The number of carboxylic acids is 1. The van der Waals surface area contributed by atoms with Gasteiger partial charge in [-0.25, -0.2) is 9.37 Å². The molecule has 3 heterocycles. The van der Waals surface area contributed by atoms with Gasteiger partial charge < -0.3 is 19.2 Å². The van der Waals surface area contributed by atoms with Gasteiger partial charge in [-0.15, -0.1) is 0 Å². The molecule has 3 atom stereocenters. The molecule has 2 aliphatic heterocycles. The molecule has 8 nitrogen and oxygen atoms in total.